The number of hydrogen-bond donors (Lipinski definition) is 0. The van der Waals surface area contributed by atoms with Gasteiger partial charge in [0.1, 0.15) is 5.75 Å². The smallest absolute Gasteiger partial charge is 0.160 e. The highest BCUT2D eigenvalue weighted by Crippen LogP contribution is 2.35. The Morgan fingerprint density at radius 1 is 1.26 bits per heavy atom. The van der Waals surface area contributed by atoms with Crippen LogP contribution in [0.5, 0.6) is 5.75 Å². The van der Waals surface area contributed by atoms with Crippen molar-refractivity contribution in [1.29, 1.82) is 0 Å². The first-order chi connectivity index (χ1) is 9.24. The zero-order valence-electron chi connectivity index (χ0n) is 11.3. The van der Waals surface area contributed by atoms with Gasteiger partial charge in [0.15, 0.2) is 6.29 Å². The Labute approximate surface area is 118 Å². The van der Waals surface area contributed by atoms with Gasteiger partial charge in [0.25, 0.3) is 0 Å². The number of rotatable bonds is 6. The lowest BCUT2D eigenvalue weighted by atomic mass is 10.1. The molecular formula is C16H18O2S. The van der Waals surface area contributed by atoms with Crippen LogP contribution in [0.4, 0.5) is 0 Å². The first kappa shape index (κ1) is 13.8. The van der Waals surface area contributed by atoms with E-state index in [2.05, 4.69) is 32.0 Å². The molecule has 1 aromatic carbocycles. The number of benzene rings is 1. The molecule has 0 aliphatic rings. The van der Waals surface area contributed by atoms with Gasteiger partial charge in [0.2, 0.25) is 0 Å². The molecular weight excluding hydrogens is 256 g/mol. The molecule has 0 saturated carbocycles. The van der Waals surface area contributed by atoms with Gasteiger partial charge in [-0.25, -0.2) is 0 Å². The van der Waals surface area contributed by atoms with Crippen LogP contribution in [0.25, 0.3) is 10.4 Å². The highest BCUT2D eigenvalue weighted by Gasteiger charge is 2.09. The average Bonchev–Trinajstić information content (AvgIpc) is 2.88. The highest BCUT2D eigenvalue weighted by molar-refractivity contribution is 7.17. The van der Waals surface area contributed by atoms with Gasteiger partial charge >= 0.3 is 0 Å². The molecule has 0 aliphatic heterocycles. The SMILES string of the molecule is CCCCOc1cc(C)ccc1-c1ccc(C=O)s1. The van der Waals surface area contributed by atoms with Crippen LogP contribution in [0.1, 0.15) is 35.0 Å². The average molecular weight is 274 g/mol. The minimum absolute atomic E-state index is 0.735. The topological polar surface area (TPSA) is 26.3 Å². The summed E-state index contributed by atoms with van der Waals surface area (Å²) in [5.74, 6) is 0.910. The normalized spacial score (nSPS) is 10.4. The Bertz CT molecular complexity index is 558. The molecule has 2 nitrogen and oxygen atoms in total. The molecule has 0 saturated heterocycles. The summed E-state index contributed by atoms with van der Waals surface area (Å²) >= 11 is 1.50. The first-order valence-corrected chi connectivity index (χ1v) is 7.35. The number of aldehydes is 1. The van der Waals surface area contributed by atoms with Crippen LogP contribution < -0.4 is 4.74 Å². The van der Waals surface area contributed by atoms with E-state index in [0.29, 0.717) is 0 Å². The van der Waals surface area contributed by atoms with E-state index in [1.54, 1.807) is 0 Å². The molecule has 0 unspecified atom stereocenters. The van der Waals surface area contributed by atoms with Crippen LogP contribution >= 0.6 is 11.3 Å². The molecule has 0 N–H and O–H groups in total. The van der Waals surface area contributed by atoms with Crippen molar-refractivity contribution in [3.63, 3.8) is 0 Å². The molecule has 1 aromatic heterocycles. The molecule has 0 spiro atoms. The van der Waals surface area contributed by atoms with Crippen molar-refractivity contribution in [3.8, 4) is 16.2 Å². The molecule has 0 amide bonds. The van der Waals surface area contributed by atoms with Gasteiger partial charge in [-0.05, 0) is 43.2 Å². The Morgan fingerprint density at radius 2 is 2.11 bits per heavy atom. The summed E-state index contributed by atoms with van der Waals surface area (Å²) in [4.78, 5) is 12.6. The number of unbranched alkanes of at least 4 members (excludes halogenated alkanes) is 1. The predicted molar refractivity (Wildman–Crippen MR) is 80.3 cm³/mol. The van der Waals surface area contributed by atoms with Crippen molar-refractivity contribution >= 4 is 17.6 Å². The third-order valence-corrected chi connectivity index (χ3v) is 3.94. The van der Waals surface area contributed by atoms with Crippen molar-refractivity contribution < 1.29 is 9.53 Å². The van der Waals surface area contributed by atoms with E-state index in [4.69, 9.17) is 4.74 Å². The van der Waals surface area contributed by atoms with Crippen molar-refractivity contribution in [2.45, 2.75) is 26.7 Å². The van der Waals surface area contributed by atoms with E-state index >= 15 is 0 Å². The number of hydrogen-bond acceptors (Lipinski definition) is 3. The third kappa shape index (κ3) is 3.44. The number of thiophene rings is 1. The van der Waals surface area contributed by atoms with Crippen LogP contribution in [0.2, 0.25) is 0 Å². The van der Waals surface area contributed by atoms with Gasteiger partial charge in [0.05, 0.1) is 11.5 Å². The molecule has 0 bridgehead atoms. The van der Waals surface area contributed by atoms with Crippen molar-refractivity contribution in [1.82, 2.24) is 0 Å². The Hall–Kier alpha value is -1.61. The minimum Gasteiger partial charge on any atom is -0.493 e. The second-order valence-electron chi connectivity index (χ2n) is 4.52. The fraction of sp³-hybridized carbons (Fsp3) is 0.312. The monoisotopic (exact) mass is 274 g/mol. The van der Waals surface area contributed by atoms with E-state index in [1.807, 2.05) is 12.1 Å². The van der Waals surface area contributed by atoms with Gasteiger partial charge < -0.3 is 4.74 Å². The van der Waals surface area contributed by atoms with E-state index < -0.39 is 0 Å². The van der Waals surface area contributed by atoms with Gasteiger partial charge in [-0.15, -0.1) is 11.3 Å². The summed E-state index contributed by atoms with van der Waals surface area (Å²) in [5.41, 5.74) is 2.25. The summed E-state index contributed by atoms with van der Waals surface area (Å²) in [6.45, 7) is 4.94. The minimum atomic E-state index is 0.735. The summed E-state index contributed by atoms with van der Waals surface area (Å²) in [6.07, 6.45) is 3.06. The van der Waals surface area contributed by atoms with Gasteiger partial charge in [-0.2, -0.15) is 0 Å². The number of carbonyl (C=O) groups is 1. The standard InChI is InChI=1S/C16H18O2S/c1-3-4-9-18-15-10-12(2)5-7-14(15)16-8-6-13(11-17)19-16/h5-8,10-11H,3-4,9H2,1-2H3. The van der Waals surface area contributed by atoms with Crippen molar-refractivity contribution in [2.75, 3.05) is 6.61 Å². The molecule has 0 atom stereocenters. The highest BCUT2D eigenvalue weighted by atomic mass is 32.1. The molecule has 0 aliphatic carbocycles. The van der Waals surface area contributed by atoms with Crippen molar-refractivity contribution in [3.05, 3.63) is 40.8 Å². The predicted octanol–water partition coefficient (Wildman–Crippen LogP) is 4.71. The van der Waals surface area contributed by atoms with E-state index in [0.717, 1.165) is 46.8 Å². The van der Waals surface area contributed by atoms with Gasteiger partial charge in [0, 0.05) is 10.4 Å². The zero-order chi connectivity index (χ0) is 13.7. The second kappa shape index (κ2) is 6.53. The number of aryl methyl sites for hydroxylation is 1. The molecule has 1 heterocycles. The van der Waals surface area contributed by atoms with E-state index in [1.165, 1.54) is 16.9 Å². The molecule has 19 heavy (non-hydrogen) atoms. The van der Waals surface area contributed by atoms with Gasteiger partial charge in [-0.3, -0.25) is 4.79 Å². The lowest BCUT2D eigenvalue weighted by Gasteiger charge is -2.11. The Balaban J connectivity index is 2.30. The summed E-state index contributed by atoms with van der Waals surface area (Å²) < 4.78 is 5.87. The Morgan fingerprint density at radius 3 is 2.79 bits per heavy atom. The fourth-order valence-electron chi connectivity index (χ4n) is 1.84. The molecule has 0 fully saturated rings. The van der Waals surface area contributed by atoms with Crippen molar-refractivity contribution in [2.24, 2.45) is 0 Å². The maximum Gasteiger partial charge on any atom is 0.160 e. The lowest BCUT2D eigenvalue weighted by molar-refractivity contribution is 0.112. The zero-order valence-corrected chi connectivity index (χ0v) is 12.1. The fourth-order valence-corrected chi connectivity index (χ4v) is 2.69. The Kier molecular flexibility index (Phi) is 4.74. The lowest BCUT2D eigenvalue weighted by Crippen LogP contribution is -1.98. The van der Waals surface area contributed by atoms with Crippen LogP contribution in [0, 0.1) is 6.92 Å². The third-order valence-electron chi connectivity index (χ3n) is 2.90. The van der Waals surface area contributed by atoms with Crippen LogP contribution in [-0.2, 0) is 0 Å². The van der Waals surface area contributed by atoms with Gasteiger partial charge in [-0.1, -0.05) is 19.4 Å². The molecule has 2 aromatic rings. The number of carbonyl (C=O) groups excluding carboxylic acids is 1. The summed E-state index contributed by atoms with van der Waals surface area (Å²) in [5, 5.41) is 0. The maximum atomic E-state index is 10.8. The quantitative estimate of drug-likeness (QED) is 0.563. The number of ether oxygens (including phenoxy) is 1. The molecule has 100 valence electrons. The van der Waals surface area contributed by atoms with Crippen LogP contribution in [0.3, 0.4) is 0 Å². The van der Waals surface area contributed by atoms with E-state index in [9.17, 15) is 4.79 Å². The largest absolute Gasteiger partial charge is 0.493 e. The molecule has 3 heteroatoms. The van der Waals surface area contributed by atoms with Crippen LogP contribution in [0.15, 0.2) is 30.3 Å². The summed E-state index contributed by atoms with van der Waals surface area (Å²) in [7, 11) is 0. The molecule has 0 radical (unpaired) electrons. The van der Waals surface area contributed by atoms with Crippen LogP contribution in [-0.4, -0.2) is 12.9 Å². The first-order valence-electron chi connectivity index (χ1n) is 6.53. The summed E-state index contributed by atoms with van der Waals surface area (Å²) in [6, 6.07) is 10.0. The second-order valence-corrected chi connectivity index (χ2v) is 5.64. The molecule has 2 rings (SSSR count). The van der Waals surface area contributed by atoms with E-state index in [-0.39, 0.29) is 0 Å². The maximum absolute atomic E-state index is 10.8.